The van der Waals surface area contributed by atoms with E-state index >= 15 is 0 Å². The number of rotatable bonds is 1. The summed E-state index contributed by atoms with van der Waals surface area (Å²) in [6.07, 6.45) is -10.7. The normalized spacial score (nSPS) is 13.7. The molecule has 1 rings (SSSR count). The largest absolute Gasteiger partial charge is 0.417 e. The monoisotopic (exact) mass is 308 g/mol. The van der Waals surface area contributed by atoms with E-state index in [1.165, 1.54) is 0 Å². The minimum atomic E-state index is -5.69. The Labute approximate surface area is 103 Å². The SMILES string of the molecule is Cc1cc(C(F)(F)F)c(S(=O)(=O)O)c(C(F)(F)F)c1. The molecule has 108 valence electrons. The summed E-state index contributed by atoms with van der Waals surface area (Å²) in [5, 5.41) is 0. The molecule has 19 heavy (non-hydrogen) atoms. The first-order chi connectivity index (χ1) is 8.24. The van der Waals surface area contributed by atoms with Crippen molar-refractivity contribution in [3.8, 4) is 0 Å². The second-order valence-corrected chi connectivity index (χ2v) is 5.02. The number of benzene rings is 1. The summed E-state index contributed by atoms with van der Waals surface area (Å²) < 4.78 is 106. The van der Waals surface area contributed by atoms with Crippen molar-refractivity contribution in [2.75, 3.05) is 0 Å². The van der Waals surface area contributed by atoms with E-state index in [1.807, 2.05) is 0 Å². The standard InChI is InChI=1S/C9H6F6O3S/c1-4-2-5(8(10,11)12)7(19(16,17)18)6(3-4)9(13,14)15/h2-3H,1H3,(H,16,17,18). The average molecular weight is 308 g/mol. The molecule has 0 aliphatic heterocycles. The second-order valence-electron chi connectivity index (χ2n) is 3.66. The highest BCUT2D eigenvalue weighted by Gasteiger charge is 2.44. The van der Waals surface area contributed by atoms with Crippen LogP contribution >= 0.6 is 0 Å². The van der Waals surface area contributed by atoms with Crippen molar-refractivity contribution < 1.29 is 39.3 Å². The molecule has 10 heteroatoms. The topological polar surface area (TPSA) is 54.4 Å². The van der Waals surface area contributed by atoms with Gasteiger partial charge >= 0.3 is 12.4 Å². The van der Waals surface area contributed by atoms with Gasteiger partial charge in [-0.25, -0.2) is 0 Å². The van der Waals surface area contributed by atoms with Crippen LogP contribution in [0.25, 0.3) is 0 Å². The minimum absolute atomic E-state index is 0.221. The molecule has 0 spiro atoms. The zero-order valence-electron chi connectivity index (χ0n) is 9.09. The van der Waals surface area contributed by atoms with Crippen LogP contribution in [0.15, 0.2) is 17.0 Å². The maximum atomic E-state index is 12.6. The Hall–Kier alpha value is -1.29. The van der Waals surface area contributed by atoms with Gasteiger partial charge in [-0.2, -0.15) is 34.8 Å². The van der Waals surface area contributed by atoms with E-state index in [4.69, 9.17) is 4.55 Å². The molecule has 0 aromatic heterocycles. The number of hydrogen-bond donors (Lipinski definition) is 1. The molecule has 3 nitrogen and oxygen atoms in total. The van der Waals surface area contributed by atoms with Gasteiger partial charge in [-0.05, 0) is 24.6 Å². The van der Waals surface area contributed by atoms with Crippen LogP contribution in [0.2, 0.25) is 0 Å². The van der Waals surface area contributed by atoms with Gasteiger partial charge < -0.3 is 0 Å². The first kappa shape index (κ1) is 15.8. The number of aryl methyl sites for hydroxylation is 1. The molecule has 0 unspecified atom stereocenters. The molecule has 0 fully saturated rings. The summed E-state index contributed by atoms with van der Waals surface area (Å²) in [6, 6.07) is 0.441. The lowest BCUT2D eigenvalue weighted by atomic mass is 10.1. The van der Waals surface area contributed by atoms with Gasteiger partial charge in [0.1, 0.15) is 4.90 Å². The van der Waals surface area contributed by atoms with Crippen LogP contribution in [-0.4, -0.2) is 13.0 Å². The predicted molar refractivity (Wildman–Crippen MR) is 51.0 cm³/mol. The third kappa shape index (κ3) is 3.38. The van der Waals surface area contributed by atoms with Crippen molar-refractivity contribution in [1.82, 2.24) is 0 Å². The maximum absolute atomic E-state index is 12.6. The lowest BCUT2D eigenvalue weighted by Gasteiger charge is -2.17. The molecule has 0 saturated heterocycles. The molecular weight excluding hydrogens is 302 g/mol. The van der Waals surface area contributed by atoms with Crippen molar-refractivity contribution in [3.63, 3.8) is 0 Å². The lowest BCUT2D eigenvalue weighted by molar-refractivity contribution is -0.147. The summed E-state index contributed by atoms with van der Waals surface area (Å²) in [6.45, 7) is 0.943. The van der Waals surface area contributed by atoms with Crippen LogP contribution in [-0.2, 0) is 22.5 Å². The predicted octanol–water partition coefficient (Wildman–Crippen LogP) is 3.28. The molecule has 0 saturated carbocycles. The van der Waals surface area contributed by atoms with Crippen LogP contribution < -0.4 is 0 Å². The summed E-state index contributed by atoms with van der Waals surface area (Å²) >= 11 is 0. The van der Waals surface area contributed by atoms with Gasteiger partial charge in [0.15, 0.2) is 0 Å². The molecule has 1 N–H and O–H groups in total. The van der Waals surface area contributed by atoms with Gasteiger partial charge in [0.25, 0.3) is 10.1 Å². The van der Waals surface area contributed by atoms with Crippen molar-refractivity contribution >= 4 is 10.1 Å². The van der Waals surface area contributed by atoms with Crippen LogP contribution in [0, 0.1) is 6.92 Å². The van der Waals surface area contributed by atoms with Crippen molar-refractivity contribution in [2.45, 2.75) is 24.2 Å². The van der Waals surface area contributed by atoms with Gasteiger partial charge in [-0.1, -0.05) is 0 Å². The molecule has 0 heterocycles. The third-order valence-electron chi connectivity index (χ3n) is 2.10. The number of hydrogen-bond acceptors (Lipinski definition) is 2. The molecule has 0 aliphatic rings. The van der Waals surface area contributed by atoms with Gasteiger partial charge in [0.2, 0.25) is 0 Å². The average Bonchev–Trinajstić information content (AvgIpc) is 2.11. The van der Waals surface area contributed by atoms with Crippen LogP contribution in [0.1, 0.15) is 16.7 Å². The van der Waals surface area contributed by atoms with E-state index in [-0.39, 0.29) is 12.1 Å². The summed E-state index contributed by atoms with van der Waals surface area (Å²) in [4.78, 5) is -2.18. The Kier molecular flexibility index (Phi) is 3.63. The van der Waals surface area contributed by atoms with Gasteiger partial charge in [0, 0.05) is 0 Å². The fourth-order valence-electron chi connectivity index (χ4n) is 1.47. The summed E-state index contributed by atoms with van der Waals surface area (Å²) in [7, 11) is -5.69. The van der Waals surface area contributed by atoms with Crippen molar-refractivity contribution in [2.24, 2.45) is 0 Å². The second kappa shape index (κ2) is 4.37. The quantitative estimate of drug-likeness (QED) is 0.640. The Morgan fingerprint density at radius 2 is 1.26 bits per heavy atom. The van der Waals surface area contributed by atoms with E-state index in [0.29, 0.717) is 0 Å². The maximum Gasteiger partial charge on any atom is 0.417 e. The molecule has 0 radical (unpaired) electrons. The molecule has 0 amide bonds. The first-order valence-electron chi connectivity index (χ1n) is 4.51. The zero-order chi connectivity index (χ0) is 15.2. The lowest BCUT2D eigenvalue weighted by Crippen LogP contribution is -2.20. The molecule has 0 bridgehead atoms. The summed E-state index contributed by atoms with van der Waals surface area (Å²) in [5.74, 6) is 0. The molecular formula is C9H6F6O3S. The number of alkyl halides is 6. The van der Waals surface area contributed by atoms with E-state index in [1.54, 1.807) is 0 Å². The fourth-order valence-corrected chi connectivity index (χ4v) is 2.38. The smallest absolute Gasteiger partial charge is 0.282 e. The van der Waals surface area contributed by atoms with E-state index < -0.39 is 44.1 Å². The van der Waals surface area contributed by atoms with Gasteiger partial charge in [-0.3, -0.25) is 4.55 Å². The third-order valence-corrected chi connectivity index (χ3v) is 3.06. The highest BCUT2D eigenvalue weighted by Crippen LogP contribution is 2.42. The minimum Gasteiger partial charge on any atom is -0.282 e. The summed E-state index contributed by atoms with van der Waals surface area (Å²) in [5.41, 5.74) is -4.54. The van der Waals surface area contributed by atoms with Crippen LogP contribution in [0.3, 0.4) is 0 Å². The fraction of sp³-hybridized carbons (Fsp3) is 0.333. The van der Waals surface area contributed by atoms with Crippen molar-refractivity contribution in [1.29, 1.82) is 0 Å². The molecule has 0 atom stereocenters. The Morgan fingerprint density at radius 3 is 1.47 bits per heavy atom. The number of halogens is 6. The highest BCUT2D eigenvalue weighted by atomic mass is 32.2. The molecule has 1 aromatic rings. The van der Waals surface area contributed by atoms with Crippen LogP contribution in [0.4, 0.5) is 26.3 Å². The highest BCUT2D eigenvalue weighted by molar-refractivity contribution is 7.86. The van der Waals surface area contributed by atoms with Crippen LogP contribution in [0.5, 0.6) is 0 Å². The Bertz CT molecular complexity index is 564. The van der Waals surface area contributed by atoms with E-state index in [2.05, 4.69) is 0 Å². The van der Waals surface area contributed by atoms with E-state index in [9.17, 15) is 34.8 Å². The molecule has 0 aliphatic carbocycles. The van der Waals surface area contributed by atoms with Gasteiger partial charge in [0.05, 0.1) is 11.1 Å². The molecule has 1 aromatic carbocycles. The Morgan fingerprint density at radius 1 is 0.947 bits per heavy atom. The van der Waals surface area contributed by atoms with E-state index in [0.717, 1.165) is 6.92 Å². The van der Waals surface area contributed by atoms with Crippen molar-refractivity contribution in [3.05, 3.63) is 28.8 Å². The van der Waals surface area contributed by atoms with Gasteiger partial charge in [-0.15, -0.1) is 0 Å². The Balaban J connectivity index is 3.91. The first-order valence-corrected chi connectivity index (χ1v) is 5.95. The zero-order valence-corrected chi connectivity index (χ0v) is 9.91.